The number of hydrogen-bond donors (Lipinski definition) is 1. The average Bonchev–Trinajstić information content (AvgIpc) is 2.80. The predicted octanol–water partition coefficient (Wildman–Crippen LogP) is 5.08. The van der Waals surface area contributed by atoms with Crippen molar-refractivity contribution in [3.05, 3.63) is 95.3 Å². The largest absolute Gasteiger partial charge is 0.312 e. The minimum Gasteiger partial charge on any atom is -0.312 e. The number of carbonyl (C=O) groups excluding carboxylic acids is 1. The van der Waals surface area contributed by atoms with E-state index in [0.717, 1.165) is 24.0 Å². The first-order chi connectivity index (χ1) is 15.0. The van der Waals surface area contributed by atoms with Gasteiger partial charge in [0.15, 0.2) is 9.84 Å². The first kappa shape index (κ1) is 22.4. The normalized spacial score (nSPS) is 11.8. The molecule has 1 amide bonds. The monoisotopic (exact) mass is 434 g/mol. The lowest BCUT2D eigenvalue weighted by atomic mass is 10.0. The topological polar surface area (TPSA) is 76.1 Å². The molecule has 3 rings (SSSR count). The lowest BCUT2D eigenvalue weighted by molar-refractivity contribution is 0.0968. The number of benzene rings is 2. The van der Waals surface area contributed by atoms with Crippen molar-refractivity contribution in [2.45, 2.75) is 26.2 Å². The number of unbranched alkanes of at least 4 members (excludes halogenated alkanes) is 2. The van der Waals surface area contributed by atoms with E-state index >= 15 is 0 Å². The molecular weight excluding hydrogens is 408 g/mol. The summed E-state index contributed by atoms with van der Waals surface area (Å²) in [5.74, 6) is -0.487. The minimum atomic E-state index is -3.64. The Kier molecular flexibility index (Phi) is 7.73. The number of rotatable bonds is 9. The van der Waals surface area contributed by atoms with Gasteiger partial charge in [0.2, 0.25) is 0 Å². The molecule has 5 nitrogen and oxygen atoms in total. The highest BCUT2D eigenvalue weighted by atomic mass is 32.2. The van der Waals surface area contributed by atoms with Gasteiger partial charge in [-0.2, -0.15) is 0 Å². The number of pyridine rings is 1. The van der Waals surface area contributed by atoms with Gasteiger partial charge >= 0.3 is 0 Å². The molecule has 1 heterocycles. The van der Waals surface area contributed by atoms with Crippen molar-refractivity contribution in [3.63, 3.8) is 0 Å². The molecule has 0 atom stereocenters. The maximum Gasteiger partial charge on any atom is 0.256 e. The second kappa shape index (κ2) is 10.7. The second-order valence-electron chi connectivity index (χ2n) is 7.21. The van der Waals surface area contributed by atoms with Gasteiger partial charge in [0.1, 0.15) is 5.03 Å². The summed E-state index contributed by atoms with van der Waals surface area (Å²) in [5, 5.41) is 2.52. The molecule has 0 aliphatic carbocycles. The lowest BCUT2D eigenvalue weighted by Crippen LogP contribution is -2.28. The molecule has 0 saturated carbocycles. The molecule has 0 unspecified atom stereocenters. The number of sulfone groups is 1. The van der Waals surface area contributed by atoms with Gasteiger partial charge in [-0.05, 0) is 41.3 Å². The highest BCUT2D eigenvalue weighted by molar-refractivity contribution is 7.95. The van der Waals surface area contributed by atoms with Crippen LogP contribution in [0.4, 0.5) is 0 Å². The van der Waals surface area contributed by atoms with Gasteiger partial charge in [0, 0.05) is 18.0 Å². The summed E-state index contributed by atoms with van der Waals surface area (Å²) in [6.45, 7) is 2.02. The molecule has 0 spiro atoms. The summed E-state index contributed by atoms with van der Waals surface area (Å²) in [5.41, 5.74) is 3.16. The first-order valence-electron chi connectivity index (χ1n) is 10.3. The van der Waals surface area contributed by atoms with Crippen LogP contribution in [0.25, 0.3) is 17.2 Å². The van der Waals surface area contributed by atoms with Gasteiger partial charge in [-0.3, -0.25) is 9.78 Å². The Bertz CT molecular complexity index is 1120. The Hall–Kier alpha value is -3.25. The fourth-order valence-electron chi connectivity index (χ4n) is 3.10. The Balaban J connectivity index is 1.89. The highest BCUT2D eigenvalue weighted by Gasteiger charge is 2.20. The van der Waals surface area contributed by atoms with Gasteiger partial charge in [0.25, 0.3) is 5.91 Å². The fourth-order valence-corrected chi connectivity index (χ4v) is 4.46. The van der Waals surface area contributed by atoms with Crippen LogP contribution >= 0.6 is 0 Å². The van der Waals surface area contributed by atoms with Crippen LogP contribution in [-0.2, 0) is 9.84 Å². The van der Waals surface area contributed by atoms with E-state index in [-0.39, 0.29) is 10.8 Å². The summed E-state index contributed by atoms with van der Waals surface area (Å²) in [6, 6.07) is 20.6. The van der Waals surface area contributed by atoms with Gasteiger partial charge in [-0.1, -0.05) is 74.4 Å². The number of nitrogens with zero attached hydrogens (tertiary/aromatic N) is 1. The van der Waals surface area contributed by atoms with Gasteiger partial charge in [0.05, 0.1) is 5.75 Å². The van der Waals surface area contributed by atoms with Crippen molar-refractivity contribution in [1.82, 2.24) is 10.3 Å². The van der Waals surface area contributed by atoms with Crippen molar-refractivity contribution in [2.24, 2.45) is 0 Å². The molecule has 160 valence electrons. The van der Waals surface area contributed by atoms with Crippen LogP contribution in [0.3, 0.4) is 0 Å². The van der Waals surface area contributed by atoms with Gasteiger partial charge in [-0.25, -0.2) is 8.42 Å². The number of nitrogens with one attached hydrogen (secondary N) is 1. The molecule has 0 aliphatic heterocycles. The Morgan fingerprint density at radius 1 is 0.903 bits per heavy atom. The van der Waals surface area contributed by atoms with Crippen LogP contribution in [0.1, 0.15) is 42.1 Å². The Morgan fingerprint density at radius 3 is 2.19 bits per heavy atom. The maximum atomic E-state index is 13.0. The van der Waals surface area contributed by atoms with E-state index in [2.05, 4.69) is 10.3 Å². The third kappa shape index (κ3) is 6.36. The van der Waals surface area contributed by atoms with E-state index in [4.69, 9.17) is 0 Å². The molecule has 1 aromatic heterocycles. The zero-order chi connectivity index (χ0) is 22.1. The van der Waals surface area contributed by atoms with Crippen LogP contribution in [0.2, 0.25) is 0 Å². The predicted molar refractivity (Wildman–Crippen MR) is 125 cm³/mol. The fraction of sp³-hybridized carbons (Fsp3) is 0.200. The molecule has 0 saturated heterocycles. The summed E-state index contributed by atoms with van der Waals surface area (Å²) < 4.78 is 25.9. The van der Waals surface area contributed by atoms with Crippen LogP contribution in [0.5, 0.6) is 0 Å². The molecule has 0 fully saturated rings. The maximum absolute atomic E-state index is 13.0. The highest BCUT2D eigenvalue weighted by Crippen LogP contribution is 2.21. The van der Waals surface area contributed by atoms with Gasteiger partial charge in [-0.15, -0.1) is 0 Å². The van der Waals surface area contributed by atoms with E-state index < -0.39 is 15.7 Å². The molecule has 0 bridgehead atoms. The molecule has 3 aromatic rings. The third-order valence-corrected chi connectivity index (χ3v) is 6.56. The molecule has 2 aromatic carbocycles. The molecule has 31 heavy (non-hydrogen) atoms. The number of aromatic nitrogens is 1. The Labute approximate surface area is 183 Å². The second-order valence-corrected chi connectivity index (χ2v) is 9.29. The summed E-state index contributed by atoms with van der Waals surface area (Å²) in [4.78, 5) is 16.5. The first-order valence-corrected chi connectivity index (χ1v) is 12.0. The van der Waals surface area contributed by atoms with E-state index in [9.17, 15) is 13.2 Å². The van der Waals surface area contributed by atoms with Crippen LogP contribution < -0.4 is 5.32 Å². The van der Waals surface area contributed by atoms with Crippen molar-refractivity contribution in [1.29, 1.82) is 0 Å². The summed E-state index contributed by atoms with van der Waals surface area (Å²) in [6.07, 6.45) is 6.80. The molecule has 6 heteroatoms. The van der Waals surface area contributed by atoms with Crippen molar-refractivity contribution >= 4 is 21.8 Å². The number of amides is 1. The quantitative estimate of drug-likeness (QED) is 0.477. The number of carbonyl (C=O) groups is 1. The molecule has 1 N–H and O–H groups in total. The zero-order valence-corrected chi connectivity index (χ0v) is 18.3. The third-order valence-electron chi connectivity index (χ3n) is 4.85. The van der Waals surface area contributed by atoms with Crippen molar-refractivity contribution < 1.29 is 13.2 Å². The van der Waals surface area contributed by atoms with Crippen molar-refractivity contribution in [3.8, 4) is 11.1 Å². The Morgan fingerprint density at radius 2 is 1.55 bits per heavy atom. The van der Waals surface area contributed by atoms with E-state index in [1.165, 1.54) is 18.5 Å². The minimum absolute atomic E-state index is 0.00853. The summed E-state index contributed by atoms with van der Waals surface area (Å²) >= 11 is 0. The average molecular weight is 435 g/mol. The van der Waals surface area contributed by atoms with Crippen LogP contribution in [-0.4, -0.2) is 25.1 Å². The molecule has 0 radical (unpaired) electrons. The standard InChI is InChI=1S/C25H26N2O3S/c1-2-3-7-18-31(29,30)24(27-25(28)23-14-16-26-17-15-23)19-20-10-12-22(13-11-20)21-8-5-4-6-9-21/h4-6,8-17,19H,2-3,7,18H2,1H3,(H,27,28)/b24-19+. The molecular formula is C25H26N2O3S. The van der Waals surface area contributed by atoms with E-state index in [0.29, 0.717) is 17.5 Å². The zero-order valence-electron chi connectivity index (χ0n) is 17.5. The van der Waals surface area contributed by atoms with Crippen LogP contribution in [0.15, 0.2) is 84.2 Å². The lowest BCUT2D eigenvalue weighted by Gasteiger charge is -2.12. The van der Waals surface area contributed by atoms with E-state index in [1.807, 2.05) is 61.5 Å². The van der Waals surface area contributed by atoms with Gasteiger partial charge < -0.3 is 5.32 Å². The SMILES string of the molecule is CCCCCS(=O)(=O)/C(=C/c1ccc(-c2ccccc2)cc1)NC(=O)c1ccncc1. The van der Waals surface area contributed by atoms with Crippen LogP contribution in [0, 0.1) is 0 Å². The smallest absolute Gasteiger partial charge is 0.256 e. The van der Waals surface area contributed by atoms with Crippen molar-refractivity contribution in [2.75, 3.05) is 5.75 Å². The number of hydrogen-bond acceptors (Lipinski definition) is 4. The molecule has 0 aliphatic rings. The van der Waals surface area contributed by atoms with E-state index in [1.54, 1.807) is 12.1 Å². The summed E-state index contributed by atoms with van der Waals surface area (Å²) in [7, 11) is -3.64.